The number of pyridine rings is 1. The van der Waals surface area contributed by atoms with Crippen LogP contribution in [0.5, 0.6) is 0 Å². The summed E-state index contributed by atoms with van der Waals surface area (Å²) >= 11 is 3.43. The number of hydrogen-bond donors (Lipinski definition) is 2. The van der Waals surface area contributed by atoms with Crippen LogP contribution >= 0.6 is 15.9 Å². The van der Waals surface area contributed by atoms with E-state index in [1.165, 1.54) is 12.3 Å². The van der Waals surface area contributed by atoms with Gasteiger partial charge < -0.3 is 10.4 Å². The smallest absolute Gasteiger partial charge is 0.337 e. The van der Waals surface area contributed by atoms with Gasteiger partial charge in [-0.05, 0) is 42.8 Å². The van der Waals surface area contributed by atoms with E-state index in [0.29, 0.717) is 5.82 Å². The second kappa shape index (κ2) is 5.18. The number of carbonyl (C=O) groups is 1. The van der Waals surface area contributed by atoms with Crippen molar-refractivity contribution in [2.75, 3.05) is 5.32 Å². The fourth-order valence-corrected chi connectivity index (χ4v) is 1.71. The highest BCUT2D eigenvalue weighted by molar-refractivity contribution is 9.10. The molecular formula is C13H11BrN2O2. The Morgan fingerprint density at radius 1 is 1.33 bits per heavy atom. The second-order valence-electron chi connectivity index (χ2n) is 3.83. The Morgan fingerprint density at radius 3 is 2.67 bits per heavy atom. The molecule has 1 heterocycles. The van der Waals surface area contributed by atoms with Crippen molar-refractivity contribution in [2.24, 2.45) is 0 Å². The van der Waals surface area contributed by atoms with E-state index in [0.717, 1.165) is 15.7 Å². The lowest BCUT2D eigenvalue weighted by Gasteiger charge is -2.07. The van der Waals surface area contributed by atoms with Crippen LogP contribution in [0.15, 0.2) is 41.0 Å². The third kappa shape index (κ3) is 2.87. The van der Waals surface area contributed by atoms with Crippen molar-refractivity contribution in [3.8, 4) is 0 Å². The summed E-state index contributed by atoms with van der Waals surface area (Å²) in [6, 6.07) is 9.01. The summed E-state index contributed by atoms with van der Waals surface area (Å²) in [7, 11) is 0. The molecule has 0 radical (unpaired) electrons. The van der Waals surface area contributed by atoms with E-state index >= 15 is 0 Å². The summed E-state index contributed by atoms with van der Waals surface area (Å²) in [6.07, 6.45) is 1.33. The molecule has 5 heteroatoms. The first-order valence-electron chi connectivity index (χ1n) is 5.29. The van der Waals surface area contributed by atoms with Gasteiger partial charge in [-0.15, -0.1) is 0 Å². The summed E-state index contributed by atoms with van der Waals surface area (Å²) in [5.41, 5.74) is 2.20. The zero-order valence-electron chi connectivity index (χ0n) is 9.64. The Labute approximate surface area is 113 Å². The van der Waals surface area contributed by atoms with Gasteiger partial charge in [0.2, 0.25) is 0 Å². The summed E-state index contributed by atoms with van der Waals surface area (Å²) < 4.78 is 1.04. The second-order valence-corrected chi connectivity index (χ2v) is 4.68. The molecule has 18 heavy (non-hydrogen) atoms. The van der Waals surface area contributed by atoms with E-state index in [9.17, 15) is 4.79 Å². The van der Waals surface area contributed by atoms with E-state index in [1.807, 2.05) is 25.1 Å². The molecule has 0 aliphatic carbocycles. The van der Waals surface area contributed by atoms with Crippen LogP contribution in [-0.2, 0) is 0 Å². The minimum atomic E-state index is -0.978. The van der Waals surface area contributed by atoms with Gasteiger partial charge >= 0.3 is 5.97 Å². The van der Waals surface area contributed by atoms with Crippen LogP contribution in [0.4, 0.5) is 11.5 Å². The van der Waals surface area contributed by atoms with Crippen molar-refractivity contribution >= 4 is 33.4 Å². The number of nitrogens with one attached hydrogen (secondary N) is 1. The molecule has 0 aliphatic rings. The molecule has 2 rings (SSSR count). The standard InChI is InChI=1S/C13H11BrN2O2/c1-8-6-10(3-4-11(8)14)16-12-5-2-9(7-15-12)13(17)18/h2-7H,1H3,(H,15,16)(H,17,18). The van der Waals surface area contributed by atoms with Gasteiger partial charge in [0.25, 0.3) is 0 Å². The molecule has 0 amide bonds. The van der Waals surface area contributed by atoms with Gasteiger partial charge in [0.15, 0.2) is 0 Å². The van der Waals surface area contributed by atoms with Crippen molar-refractivity contribution in [3.63, 3.8) is 0 Å². The molecule has 4 nitrogen and oxygen atoms in total. The number of aromatic nitrogens is 1. The molecule has 1 aromatic heterocycles. The number of benzene rings is 1. The minimum Gasteiger partial charge on any atom is -0.478 e. The molecule has 2 N–H and O–H groups in total. The Balaban J connectivity index is 2.18. The van der Waals surface area contributed by atoms with E-state index < -0.39 is 5.97 Å². The van der Waals surface area contributed by atoms with E-state index in [2.05, 4.69) is 26.2 Å². The van der Waals surface area contributed by atoms with E-state index in [1.54, 1.807) is 6.07 Å². The highest BCUT2D eigenvalue weighted by Gasteiger charge is 2.03. The van der Waals surface area contributed by atoms with Gasteiger partial charge in [0, 0.05) is 16.4 Å². The number of carboxylic acid groups (broad SMARTS) is 1. The average molecular weight is 307 g/mol. The number of rotatable bonds is 3. The van der Waals surface area contributed by atoms with Crippen molar-refractivity contribution < 1.29 is 9.90 Å². The van der Waals surface area contributed by atoms with Crippen molar-refractivity contribution in [3.05, 3.63) is 52.1 Å². The minimum absolute atomic E-state index is 0.174. The molecule has 1 aromatic carbocycles. The van der Waals surface area contributed by atoms with Gasteiger partial charge in [0.1, 0.15) is 5.82 Å². The molecule has 0 saturated heterocycles. The SMILES string of the molecule is Cc1cc(Nc2ccc(C(=O)O)cn2)ccc1Br. The van der Waals surface area contributed by atoms with Crippen LogP contribution in [0.3, 0.4) is 0 Å². The van der Waals surface area contributed by atoms with Gasteiger partial charge in [-0.1, -0.05) is 15.9 Å². The molecule has 0 spiro atoms. The number of carboxylic acids is 1. The fraction of sp³-hybridized carbons (Fsp3) is 0.0769. The maximum Gasteiger partial charge on any atom is 0.337 e. The zero-order chi connectivity index (χ0) is 13.1. The molecule has 0 fully saturated rings. The van der Waals surface area contributed by atoms with Crippen molar-refractivity contribution in [2.45, 2.75) is 6.92 Å². The van der Waals surface area contributed by atoms with Gasteiger partial charge in [0.05, 0.1) is 5.56 Å². The third-order valence-corrected chi connectivity index (χ3v) is 3.33. The zero-order valence-corrected chi connectivity index (χ0v) is 11.2. The lowest BCUT2D eigenvalue weighted by molar-refractivity contribution is 0.0696. The molecule has 92 valence electrons. The predicted octanol–water partition coefficient (Wildman–Crippen LogP) is 3.59. The van der Waals surface area contributed by atoms with Crippen LogP contribution in [0.2, 0.25) is 0 Å². The van der Waals surface area contributed by atoms with Crippen molar-refractivity contribution in [1.82, 2.24) is 4.98 Å². The van der Waals surface area contributed by atoms with Gasteiger partial charge in [-0.3, -0.25) is 0 Å². The molecule has 0 atom stereocenters. The lowest BCUT2D eigenvalue weighted by Crippen LogP contribution is -1.99. The Kier molecular flexibility index (Phi) is 3.62. The highest BCUT2D eigenvalue weighted by atomic mass is 79.9. The Morgan fingerprint density at radius 2 is 2.11 bits per heavy atom. The van der Waals surface area contributed by atoms with Crippen LogP contribution in [0.1, 0.15) is 15.9 Å². The topological polar surface area (TPSA) is 62.2 Å². The molecule has 0 aliphatic heterocycles. The molecule has 0 unspecified atom stereocenters. The quantitative estimate of drug-likeness (QED) is 0.909. The summed E-state index contributed by atoms with van der Waals surface area (Å²) in [5, 5.41) is 11.9. The number of halogens is 1. The molecular weight excluding hydrogens is 296 g/mol. The van der Waals surface area contributed by atoms with E-state index in [-0.39, 0.29) is 5.56 Å². The first-order valence-corrected chi connectivity index (χ1v) is 6.08. The number of aromatic carboxylic acids is 1. The van der Waals surface area contributed by atoms with Crippen LogP contribution in [0.25, 0.3) is 0 Å². The van der Waals surface area contributed by atoms with Gasteiger partial charge in [-0.25, -0.2) is 9.78 Å². The maximum absolute atomic E-state index is 10.7. The molecule has 0 bridgehead atoms. The van der Waals surface area contributed by atoms with E-state index in [4.69, 9.17) is 5.11 Å². The third-order valence-electron chi connectivity index (χ3n) is 2.44. The molecule has 2 aromatic rings. The summed E-state index contributed by atoms with van der Waals surface area (Å²) in [4.78, 5) is 14.7. The fourth-order valence-electron chi connectivity index (χ4n) is 1.46. The molecule has 0 saturated carbocycles. The van der Waals surface area contributed by atoms with Gasteiger partial charge in [-0.2, -0.15) is 0 Å². The van der Waals surface area contributed by atoms with Crippen molar-refractivity contribution in [1.29, 1.82) is 0 Å². The summed E-state index contributed by atoms with van der Waals surface area (Å²) in [6.45, 7) is 2.00. The largest absolute Gasteiger partial charge is 0.478 e. The number of hydrogen-bond acceptors (Lipinski definition) is 3. The van der Waals surface area contributed by atoms with Crippen LogP contribution in [0, 0.1) is 6.92 Å². The van der Waals surface area contributed by atoms with Crippen LogP contribution < -0.4 is 5.32 Å². The average Bonchev–Trinajstić information content (AvgIpc) is 2.34. The summed E-state index contributed by atoms with van der Waals surface area (Å²) in [5.74, 6) is -0.366. The normalized spacial score (nSPS) is 10.1. The Bertz CT molecular complexity index is 582. The monoisotopic (exact) mass is 306 g/mol. The predicted molar refractivity (Wildman–Crippen MR) is 73.4 cm³/mol. The number of anilines is 2. The first-order chi connectivity index (χ1) is 8.56. The maximum atomic E-state index is 10.7. The first kappa shape index (κ1) is 12.6. The lowest BCUT2D eigenvalue weighted by atomic mass is 10.2. The highest BCUT2D eigenvalue weighted by Crippen LogP contribution is 2.22. The number of nitrogens with zero attached hydrogens (tertiary/aromatic N) is 1. The Hall–Kier alpha value is -1.88. The number of aryl methyl sites for hydroxylation is 1. The van der Waals surface area contributed by atoms with Crippen LogP contribution in [-0.4, -0.2) is 16.1 Å².